The number of aromatic carboxylic acids is 1. The van der Waals surface area contributed by atoms with Gasteiger partial charge in [0.15, 0.2) is 0 Å². The van der Waals surface area contributed by atoms with Gasteiger partial charge in [0.1, 0.15) is 0 Å². The van der Waals surface area contributed by atoms with Crippen molar-refractivity contribution in [3.8, 4) is 0 Å². The van der Waals surface area contributed by atoms with E-state index in [1.54, 1.807) is 30.5 Å². The quantitative estimate of drug-likeness (QED) is 0.853. The average Bonchev–Trinajstić information content (AvgIpc) is 2.38. The molecule has 2 rings (SSSR count). The third-order valence-corrected chi connectivity index (χ3v) is 2.60. The third-order valence-electron chi connectivity index (χ3n) is 2.35. The van der Waals surface area contributed by atoms with Crippen molar-refractivity contribution in [1.82, 2.24) is 0 Å². The number of benzene rings is 2. The number of nitrogens with zero attached hydrogens (tertiary/aromatic N) is 1. The summed E-state index contributed by atoms with van der Waals surface area (Å²) in [5.41, 5.74) is 1.89. The fourth-order valence-corrected chi connectivity index (χ4v) is 1.51. The molecule has 2 aromatic carbocycles. The normalized spacial score (nSPS) is 10.7. The van der Waals surface area contributed by atoms with Gasteiger partial charge in [0.25, 0.3) is 0 Å². The minimum absolute atomic E-state index is 0.250. The maximum absolute atomic E-state index is 10.7. The largest absolute Gasteiger partial charge is 0.478 e. The van der Waals surface area contributed by atoms with Gasteiger partial charge in [-0.15, -0.1) is 0 Å². The summed E-state index contributed by atoms with van der Waals surface area (Å²) in [6.45, 7) is 0. The van der Waals surface area contributed by atoms with E-state index in [1.807, 2.05) is 12.1 Å². The number of hydrogen-bond donors (Lipinski definition) is 1. The number of carboxylic acid groups (broad SMARTS) is 1. The van der Waals surface area contributed by atoms with Crippen molar-refractivity contribution in [2.45, 2.75) is 0 Å². The Bertz CT molecular complexity index is 574. The Hall–Kier alpha value is -2.13. The van der Waals surface area contributed by atoms with Gasteiger partial charge in [0, 0.05) is 11.2 Å². The molecule has 0 aromatic heterocycles. The Labute approximate surface area is 109 Å². The third kappa shape index (κ3) is 3.18. The summed E-state index contributed by atoms with van der Waals surface area (Å²) in [5, 5.41) is 9.44. The Morgan fingerprint density at radius 1 is 1.06 bits per heavy atom. The van der Waals surface area contributed by atoms with Gasteiger partial charge in [-0.3, -0.25) is 4.99 Å². The van der Waals surface area contributed by atoms with Crippen LogP contribution in [0.15, 0.2) is 53.5 Å². The number of rotatable bonds is 3. The molecular weight excluding hydrogens is 250 g/mol. The summed E-state index contributed by atoms with van der Waals surface area (Å²) in [4.78, 5) is 14.9. The van der Waals surface area contributed by atoms with E-state index in [0.29, 0.717) is 10.7 Å². The molecule has 0 saturated heterocycles. The van der Waals surface area contributed by atoms with Crippen molar-refractivity contribution in [2.75, 3.05) is 0 Å². The average molecular weight is 260 g/mol. The number of carboxylic acids is 1. The van der Waals surface area contributed by atoms with Crippen LogP contribution in [0, 0.1) is 0 Å². The minimum Gasteiger partial charge on any atom is -0.478 e. The maximum Gasteiger partial charge on any atom is 0.335 e. The first kappa shape index (κ1) is 12.3. The van der Waals surface area contributed by atoms with E-state index in [1.165, 1.54) is 12.1 Å². The SMILES string of the molecule is O=C(O)c1ccc(/N=C/c2ccc(Cl)cc2)cc1. The highest BCUT2D eigenvalue weighted by atomic mass is 35.5. The summed E-state index contributed by atoms with van der Waals surface area (Å²) in [6.07, 6.45) is 1.70. The molecular formula is C14H10ClNO2. The number of carbonyl (C=O) groups is 1. The second-order valence-corrected chi connectivity index (χ2v) is 4.10. The highest BCUT2D eigenvalue weighted by Gasteiger charge is 2.00. The van der Waals surface area contributed by atoms with Crippen LogP contribution in [0.3, 0.4) is 0 Å². The standard InChI is InChI=1S/C14H10ClNO2/c15-12-5-1-10(2-6-12)9-16-13-7-3-11(4-8-13)14(17)18/h1-9H,(H,17,18)/b16-9+. The van der Waals surface area contributed by atoms with E-state index in [4.69, 9.17) is 16.7 Å². The van der Waals surface area contributed by atoms with Crippen molar-refractivity contribution >= 4 is 29.5 Å². The van der Waals surface area contributed by atoms with Crippen molar-refractivity contribution in [1.29, 1.82) is 0 Å². The summed E-state index contributed by atoms with van der Waals surface area (Å²) in [7, 11) is 0. The van der Waals surface area contributed by atoms with Crippen molar-refractivity contribution in [2.24, 2.45) is 4.99 Å². The lowest BCUT2D eigenvalue weighted by Crippen LogP contribution is -1.94. The lowest BCUT2D eigenvalue weighted by atomic mass is 10.2. The molecule has 0 aliphatic rings. The monoisotopic (exact) mass is 259 g/mol. The lowest BCUT2D eigenvalue weighted by Gasteiger charge is -1.96. The van der Waals surface area contributed by atoms with Gasteiger partial charge in [-0.1, -0.05) is 23.7 Å². The molecule has 4 heteroatoms. The molecule has 0 atom stereocenters. The first-order valence-electron chi connectivity index (χ1n) is 5.28. The van der Waals surface area contributed by atoms with Crippen LogP contribution in [0.5, 0.6) is 0 Å². The zero-order valence-corrected chi connectivity index (χ0v) is 10.1. The molecule has 0 amide bonds. The zero-order chi connectivity index (χ0) is 13.0. The van der Waals surface area contributed by atoms with Crippen molar-refractivity contribution in [3.63, 3.8) is 0 Å². The molecule has 0 fully saturated rings. The summed E-state index contributed by atoms with van der Waals surface area (Å²) in [5.74, 6) is -0.941. The predicted octanol–water partition coefficient (Wildman–Crippen LogP) is 3.79. The Morgan fingerprint density at radius 2 is 1.67 bits per heavy atom. The summed E-state index contributed by atoms with van der Waals surface area (Å²) >= 11 is 5.78. The Kier molecular flexibility index (Phi) is 3.75. The molecule has 3 nitrogen and oxygen atoms in total. The Balaban J connectivity index is 2.13. The molecule has 1 N–H and O–H groups in total. The first-order chi connectivity index (χ1) is 8.65. The van der Waals surface area contributed by atoms with E-state index >= 15 is 0 Å². The smallest absolute Gasteiger partial charge is 0.335 e. The number of aliphatic imine (C=N–C) groups is 1. The van der Waals surface area contributed by atoms with Crippen LogP contribution >= 0.6 is 11.6 Å². The molecule has 0 heterocycles. The Morgan fingerprint density at radius 3 is 2.22 bits per heavy atom. The molecule has 0 radical (unpaired) electrons. The van der Waals surface area contributed by atoms with Crippen molar-refractivity contribution in [3.05, 3.63) is 64.7 Å². The molecule has 0 aliphatic heterocycles. The molecule has 0 saturated carbocycles. The van der Waals surface area contributed by atoms with Gasteiger partial charge in [0.05, 0.1) is 11.3 Å². The molecule has 0 spiro atoms. The fraction of sp³-hybridized carbons (Fsp3) is 0. The van der Waals surface area contributed by atoms with Crippen molar-refractivity contribution < 1.29 is 9.90 Å². The topological polar surface area (TPSA) is 49.7 Å². The molecule has 90 valence electrons. The van der Waals surface area contributed by atoms with Gasteiger partial charge in [-0.25, -0.2) is 4.79 Å². The van der Waals surface area contributed by atoms with Crippen LogP contribution in [0.4, 0.5) is 5.69 Å². The van der Waals surface area contributed by atoms with Crippen LogP contribution in [0.2, 0.25) is 5.02 Å². The summed E-state index contributed by atoms with van der Waals surface area (Å²) < 4.78 is 0. The second-order valence-electron chi connectivity index (χ2n) is 3.66. The molecule has 0 bridgehead atoms. The van der Waals surface area contributed by atoms with Gasteiger partial charge >= 0.3 is 5.97 Å². The molecule has 18 heavy (non-hydrogen) atoms. The van der Waals surface area contributed by atoms with E-state index in [2.05, 4.69) is 4.99 Å². The van der Waals surface area contributed by atoms with E-state index < -0.39 is 5.97 Å². The highest BCUT2D eigenvalue weighted by molar-refractivity contribution is 6.30. The van der Waals surface area contributed by atoms with E-state index in [9.17, 15) is 4.79 Å². The highest BCUT2D eigenvalue weighted by Crippen LogP contribution is 2.14. The minimum atomic E-state index is -0.941. The fourth-order valence-electron chi connectivity index (χ4n) is 1.39. The first-order valence-corrected chi connectivity index (χ1v) is 5.66. The van der Waals surface area contributed by atoms with Crippen LogP contribution in [-0.4, -0.2) is 17.3 Å². The number of halogens is 1. The molecule has 2 aromatic rings. The van der Waals surface area contributed by atoms with E-state index in [0.717, 1.165) is 5.56 Å². The maximum atomic E-state index is 10.7. The van der Waals surface area contributed by atoms with Crippen LogP contribution in [-0.2, 0) is 0 Å². The lowest BCUT2D eigenvalue weighted by molar-refractivity contribution is 0.0697. The van der Waals surface area contributed by atoms with Crippen LogP contribution in [0.25, 0.3) is 0 Å². The van der Waals surface area contributed by atoms with E-state index in [-0.39, 0.29) is 5.56 Å². The predicted molar refractivity (Wildman–Crippen MR) is 72.1 cm³/mol. The zero-order valence-electron chi connectivity index (χ0n) is 9.38. The van der Waals surface area contributed by atoms with Gasteiger partial charge in [-0.2, -0.15) is 0 Å². The van der Waals surface area contributed by atoms with Gasteiger partial charge in [-0.05, 0) is 42.0 Å². The van der Waals surface area contributed by atoms with Gasteiger partial charge < -0.3 is 5.11 Å². The van der Waals surface area contributed by atoms with Crippen LogP contribution in [0.1, 0.15) is 15.9 Å². The summed E-state index contributed by atoms with van der Waals surface area (Å²) in [6, 6.07) is 13.7. The van der Waals surface area contributed by atoms with Crippen LogP contribution < -0.4 is 0 Å². The molecule has 0 aliphatic carbocycles. The number of hydrogen-bond acceptors (Lipinski definition) is 2. The second kappa shape index (κ2) is 5.47. The van der Waals surface area contributed by atoms with Gasteiger partial charge in [0.2, 0.25) is 0 Å². The molecule has 0 unspecified atom stereocenters.